The zero-order valence-electron chi connectivity index (χ0n) is 18.5. The molecule has 1 N–H and O–H groups in total. The van der Waals surface area contributed by atoms with Crippen LogP contribution in [0, 0.1) is 0 Å². The number of benzene rings is 1. The Morgan fingerprint density at radius 1 is 1.23 bits per heavy atom. The molecule has 166 valence electrons. The van der Waals surface area contributed by atoms with Crippen LogP contribution in [-0.4, -0.2) is 25.1 Å². The topological polar surface area (TPSA) is 64.6 Å². The fraction of sp³-hybridized carbons (Fsp3) is 0.440. The summed E-state index contributed by atoms with van der Waals surface area (Å²) in [6.45, 7) is 7.07. The molecule has 1 aromatic heterocycles. The zero-order valence-corrected chi connectivity index (χ0v) is 19.3. The number of thiophene rings is 1. The minimum atomic E-state index is -0.355. The maximum Gasteiger partial charge on any atom is 0.341 e. The van der Waals surface area contributed by atoms with Crippen LogP contribution in [0.25, 0.3) is 6.08 Å². The number of fused-ring (bicyclic) bond motifs is 1. The van der Waals surface area contributed by atoms with Crippen molar-refractivity contribution in [2.45, 2.75) is 58.8 Å². The van der Waals surface area contributed by atoms with Crippen LogP contribution in [0.15, 0.2) is 30.3 Å². The van der Waals surface area contributed by atoms with Gasteiger partial charge in [0.15, 0.2) is 0 Å². The highest BCUT2D eigenvalue weighted by Crippen LogP contribution is 2.43. The molecule has 6 heteroatoms. The molecule has 0 saturated heterocycles. The number of rotatable bonds is 9. The van der Waals surface area contributed by atoms with Crippen LogP contribution in [-0.2, 0) is 16.0 Å². The van der Waals surface area contributed by atoms with Crippen LogP contribution >= 0.6 is 11.3 Å². The number of amides is 1. The lowest BCUT2D eigenvalue weighted by atomic mass is 9.86. The molecule has 0 aliphatic heterocycles. The van der Waals surface area contributed by atoms with Gasteiger partial charge in [0.25, 0.3) is 0 Å². The number of unbranched alkanes of at least 4 members (excludes halogenated alkanes) is 1. The SMILES string of the molecule is CCCCOc1ccc(C=CC(=O)Nc2sc3c(c2C(=O)OCC)C(C)CCC3)cc1. The molecule has 2 aromatic rings. The number of anilines is 1. The van der Waals surface area contributed by atoms with Gasteiger partial charge in [0.05, 0.1) is 18.8 Å². The molecule has 1 aliphatic rings. The second-order valence-corrected chi connectivity index (χ2v) is 8.86. The molecular weight excluding hydrogens is 410 g/mol. The van der Waals surface area contributed by atoms with E-state index in [9.17, 15) is 9.59 Å². The number of esters is 1. The van der Waals surface area contributed by atoms with Crippen molar-refractivity contribution in [3.63, 3.8) is 0 Å². The summed E-state index contributed by atoms with van der Waals surface area (Å²) >= 11 is 1.50. The Morgan fingerprint density at radius 2 is 2.00 bits per heavy atom. The first kappa shape index (κ1) is 23.1. The Balaban J connectivity index is 1.70. The highest BCUT2D eigenvalue weighted by Gasteiger charge is 2.30. The second-order valence-electron chi connectivity index (χ2n) is 7.75. The third-order valence-electron chi connectivity index (χ3n) is 5.35. The molecule has 0 radical (unpaired) electrons. The number of aryl methyl sites for hydroxylation is 1. The summed E-state index contributed by atoms with van der Waals surface area (Å²) in [7, 11) is 0. The van der Waals surface area contributed by atoms with Crippen molar-refractivity contribution in [2.24, 2.45) is 0 Å². The van der Waals surface area contributed by atoms with Crippen molar-refractivity contribution >= 4 is 34.3 Å². The van der Waals surface area contributed by atoms with Gasteiger partial charge in [0, 0.05) is 11.0 Å². The number of nitrogens with one attached hydrogen (secondary N) is 1. The molecule has 1 amide bonds. The van der Waals surface area contributed by atoms with E-state index in [4.69, 9.17) is 9.47 Å². The highest BCUT2D eigenvalue weighted by atomic mass is 32.1. The Bertz CT molecular complexity index is 930. The van der Waals surface area contributed by atoms with E-state index in [2.05, 4.69) is 19.2 Å². The van der Waals surface area contributed by atoms with Gasteiger partial charge in [0.1, 0.15) is 10.8 Å². The molecule has 0 fully saturated rings. The third kappa shape index (κ3) is 5.97. The van der Waals surface area contributed by atoms with E-state index in [1.807, 2.05) is 24.3 Å². The van der Waals surface area contributed by atoms with Gasteiger partial charge in [-0.05, 0) is 67.9 Å². The standard InChI is InChI=1S/C25H31NO4S/c1-4-6-16-30-19-13-10-18(11-14-19)12-15-21(27)26-24-23(25(28)29-5-2)22-17(3)8-7-9-20(22)31-24/h10-15,17H,4-9,16H2,1-3H3,(H,26,27). The van der Waals surface area contributed by atoms with E-state index in [0.29, 0.717) is 29.7 Å². The van der Waals surface area contributed by atoms with E-state index in [1.165, 1.54) is 22.3 Å². The minimum absolute atomic E-state index is 0.264. The van der Waals surface area contributed by atoms with Crippen LogP contribution in [0.3, 0.4) is 0 Å². The summed E-state index contributed by atoms with van der Waals surface area (Å²) in [5.74, 6) is 0.498. The number of carbonyl (C=O) groups excluding carboxylic acids is 2. The summed E-state index contributed by atoms with van der Waals surface area (Å²) in [4.78, 5) is 26.4. The average molecular weight is 442 g/mol. The number of carbonyl (C=O) groups is 2. The molecular formula is C25H31NO4S. The van der Waals surface area contributed by atoms with Gasteiger partial charge in [-0.2, -0.15) is 0 Å². The number of ether oxygens (including phenoxy) is 2. The van der Waals surface area contributed by atoms with Crippen LogP contribution in [0.2, 0.25) is 0 Å². The van der Waals surface area contributed by atoms with Gasteiger partial charge >= 0.3 is 5.97 Å². The monoisotopic (exact) mass is 441 g/mol. The van der Waals surface area contributed by atoms with Crippen molar-refractivity contribution in [3.8, 4) is 5.75 Å². The smallest absolute Gasteiger partial charge is 0.341 e. The first-order chi connectivity index (χ1) is 15.0. The van der Waals surface area contributed by atoms with Crippen molar-refractivity contribution in [2.75, 3.05) is 18.5 Å². The summed E-state index contributed by atoms with van der Waals surface area (Å²) in [5.41, 5.74) is 2.49. The molecule has 1 aliphatic carbocycles. The summed E-state index contributed by atoms with van der Waals surface area (Å²) in [6.07, 6.45) is 8.45. The summed E-state index contributed by atoms with van der Waals surface area (Å²) < 4.78 is 10.9. The lowest BCUT2D eigenvalue weighted by molar-refractivity contribution is -0.111. The number of hydrogen-bond donors (Lipinski definition) is 1. The fourth-order valence-corrected chi connectivity index (χ4v) is 5.09. The van der Waals surface area contributed by atoms with Crippen molar-refractivity contribution in [3.05, 3.63) is 51.9 Å². The van der Waals surface area contributed by atoms with Crippen LogP contribution in [0.1, 0.15) is 78.7 Å². The first-order valence-corrected chi connectivity index (χ1v) is 11.9. The van der Waals surface area contributed by atoms with E-state index in [0.717, 1.165) is 49.0 Å². The number of hydrogen-bond acceptors (Lipinski definition) is 5. The predicted molar refractivity (Wildman–Crippen MR) is 126 cm³/mol. The van der Waals surface area contributed by atoms with Crippen LogP contribution in [0.5, 0.6) is 5.75 Å². The molecule has 1 aromatic carbocycles. The van der Waals surface area contributed by atoms with Crippen molar-refractivity contribution in [1.29, 1.82) is 0 Å². The van der Waals surface area contributed by atoms with Crippen LogP contribution < -0.4 is 10.1 Å². The van der Waals surface area contributed by atoms with Crippen LogP contribution in [0.4, 0.5) is 5.00 Å². The molecule has 3 rings (SSSR count). The van der Waals surface area contributed by atoms with Gasteiger partial charge in [-0.25, -0.2) is 4.79 Å². The molecule has 0 saturated carbocycles. The molecule has 0 bridgehead atoms. The third-order valence-corrected chi connectivity index (χ3v) is 6.53. The average Bonchev–Trinajstić information content (AvgIpc) is 3.13. The quantitative estimate of drug-likeness (QED) is 0.286. The summed E-state index contributed by atoms with van der Waals surface area (Å²) in [5, 5.41) is 3.50. The Kier molecular flexibility index (Phi) is 8.29. The maximum atomic E-state index is 12.6. The van der Waals surface area contributed by atoms with Gasteiger partial charge in [-0.3, -0.25) is 4.79 Å². The first-order valence-electron chi connectivity index (χ1n) is 11.1. The van der Waals surface area contributed by atoms with Crippen molar-refractivity contribution < 1.29 is 19.1 Å². The highest BCUT2D eigenvalue weighted by molar-refractivity contribution is 7.17. The molecule has 1 heterocycles. The Labute approximate surface area is 188 Å². The van der Waals surface area contributed by atoms with Gasteiger partial charge < -0.3 is 14.8 Å². The van der Waals surface area contributed by atoms with Gasteiger partial charge in [0.2, 0.25) is 5.91 Å². The predicted octanol–water partition coefficient (Wildman–Crippen LogP) is 6.20. The Morgan fingerprint density at radius 3 is 2.71 bits per heavy atom. The summed E-state index contributed by atoms with van der Waals surface area (Å²) in [6, 6.07) is 7.64. The second kappa shape index (κ2) is 11.1. The fourth-order valence-electron chi connectivity index (χ4n) is 3.74. The molecule has 31 heavy (non-hydrogen) atoms. The normalized spacial score (nSPS) is 15.5. The van der Waals surface area contributed by atoms with Crippen molar-refractivity contribution in [1.82, 2.24) is 0 Å². The molecule has 1 unspecified atom stereocenters. The van der Waals surface area contributed by atoms with E-state index in [1.54, 1.807) is 13.0 Å². The zero-order chi connectivity index (χ0) is 22.2. The van der Waals surface area contributed by atoms with E-state index in [-0.39, 0.29) is 11.9 Å². The van der Waals surface area contributed by atoms with E-state index < -0.39 is 0 Å². The lowest BCUT2D eigenvalue weighted by Gasteiger charge is -2.19. The maximum absolute atomic E-state index is 12.6. The van der Waals surface area contributed by atoms with Gasteiger partial charge in [-0.15, -0.1) is 11.3 Å². The van der Waals surface area contributed by atoms with Gasteiger partial charge in [-0.1, -0.05) is 32.4 Å². The minimum Gasteiger partial charge on any atom is -0.494 e. The molecule has 1 atom stereocenters. The Hall–Kier alpha value is -2.60. The van der Waals surface area contributed by atoms with E-state index >= 15 is 0 Å². The molecule has 5 nitrogen and oxygen atoms in total. The largest absolute Gasteiger partial charge is 0.494 e. The molecule has 0 spiro atoms. The lowest BCUT2D eigenvalue weighted by Crippen LogP contribution is -2.15.